The maximum absolute atomic E-state index is 13.5. The topological polar surface area (TPSA) is 67.9 Å². The van der Waals surface area contributed by atoms with Crippen molar-refractivity contribution in [1.29, 1.82) is 0 Å². The summed E-state index contributed by atoms with van der Waals surface area (Å²) < 4.78 is 11.0. The molecule has 174 valence electrons. The number of carbonyl (C=O) groups excluding carboxylic acids is 2. The van der Waals surface area contributed by atoms with E-state index in [2.05, 4.69) is 5.32 Å². The molecule has 0 bridgehead atoms. The van der Waals surface area contributed by atoms with Crippen LogP contribution in [0, 0.1) is 6.92 Å². The first-order chi connectivity index (χ1) is 16.5. The van der Waals surface area contributed by atoms with Gasteiger partial charge in [0, 0.05) is 6.54 Å². The first-order valence-electron chi connectivity index (χ1n) is 11.3. The summed E-state index contributed by atoms with van der Waals surface area (Å²) in [7, 11) is 1.57. The minimum absolute atomic E-state index is 0.242. The molecule has 6 nitrogen and oxygen atoms in total. The lowest BCUT2D eigenvalue weighted by atomic mass is 10.0. The number of hydrogen-bond donors (Lipinski definition) is 1. The zero-order chi connectivity index (χ0) is 24.1. The first kappa shape index (κ1) is 23.1. The average molecular weight is 457 g/mol. The molecule has 1 aliphatic heterocycles. The van der Waals surface area contributed by atoms with Gasteiger partial charge in [0.25, 0.3) is 11.8 Å². The second kappa shape index (κ2) is 10.3. The van der Waals surface area contributed by atoms with Gasteiger partial charge in [0.05, 0.1) is 25.0 Å². The van der Waals surface area contributed by atoms with Crippen molar-refractivity contribution in [3.8, 4) is 11.5 Å². The molecule has 4 rings (SSSR count). The van der Waals surface area contributed by atoms with E-state index in [4.69, 9.17) is 9.47 Å². The maximum Gasteiger partial charge on any atom is 0.278 e. The van der Waals surface area contributed by atoms with Gasteiger partial charge >= 0.3 is 0 Å². The summed E-state index contributed by atoms with van der Waals surface area (Å²) in [4.78, 5) is 28.3. The van der Waals surface area contributed by atoms with E-state index >= 15 is 0 Å². The highest BCUT2D eigenvalue weighted by molar-refractivity contribution is 6.36. The number of ether oxygens (including phenoxy) is 2. The largest absolute Gasteiger partial charge is 0.495 e. The van der Waals surface area contributed by atoms with Crippen molar-refractivity contribution in [3.05, 3.63) is 95.2 Å². The maximum atomic E-state index is 13.5. The Morgan fingerprint density at radius 3 is 2.32 bits per heavy atom. The van der Waals surface area contributed by atoms with Crippen LogP contribution < -0.4 is 14.8 Å². The Bertz CT molecular complexity index is 1220. The highest BCUT2D eigenvalue weighted by Gasteiger charge is 2.39. The standard InChI is InChI=1S/C28H28N2O4/c1-4-34-22-13-11-21(12-14-22)25-26(29-23-18-19(2)10-15-24(23)33-3)28(32)30(27(25)31)17-16-20-8-6-5-7-9-20/h5-15,18,29H,4,16-17H2,1-3H3. The predicted molar refractivity (Wildman–Crippen MR) is 133 cm³/mol. The molecule has 34 heavy (non-hydrogen) atoms. The van der Waals surface area contributed by atoms with Crippen LogP contribution in [-0.4, -0.2) is 37.0 Å². The lowest BCUT2D eigenvalue weighted by molar-refractivity contribution is -0.136. The fourth-order valence-corrected chi connectivity index (χ4v) is 3.99. The zero-order valence-electron chi connectivity index (χ0n) is 19.6. The van der Waals surface area contributed by atoms with E-state index in [0.717, 1.165) is 11.1 Å². The monoisotopic (exact) mass is 456 g/mol. The molecule has 0 unspecified atom stereocenters. The molecule has 3 aromatic carbocycles. The summed E-state index contributed by atoms with van der Waals surface area (Å²) in [6.07, 6.45) is 0.579. The van der Waals surface area contributed by atoms with Crippen LogP contribution in [0.1, 0.15) is 23.6 Å². The molecule has 0 aromatic heterocycles. The quantitative estimate of drug-likeness (QED) is 0.467. The number of hydrogen-bond acceptors (Lipinski definition) is 5. The molecule has 0 spiro atoms. The number of nitrogens with zero attached hydrogens (tertiary/aromatic N) is 1. The summed E-state index contributed by atoms with van der Waals surface area (Å²) in [5.74, 6) is 0.624. The van der Waals surface area contributed by atoms with Crippen molar-refractivity contribution in [2.45, 2.75) is 20.3 Å². The van der Waals surface area contributed by atoms with Crippen LogP contribution in [0.5, 0.6) is 11.5 Å². The molecule has 6 heteroatoms. The van der Waals surface area contributed by atoms with Gasteiger partial charge in [0.2, 0.25) is 0 Å². The number of anilines is 1. The smallest absolute Gasteiger partial charge is 0.278 e. The van der Waals surface area contributed by atoms with Crippen LogP contribution >= 0.6 is 0 Å². The average Bonchev–Trinajstić information content (AvgIpc) is 3.08. The predicted octanol–water partition coefficient (Wildman–Crippen LogP) is 4.84. The van der Waals surface area contributed by atoms with E-state index in [1.54, 1.807) is 31.4 Å². The minimum atomic E-state index is -0.353. The molecule has 1 aliphatic rings. The number of imide groups is 1. The molecule has 0 saturated carbocycles. The second-order valence-electron chi connectivity index (χ2n) is 8.03. The molecule has 3 aromatic rings. The number of methoxy groups -OCH3 is 1. The van der Waals surface area contributed by atoms with E-state index in [0.29, 0.717) is 47.9 Å². The molecule has 2 amide bonds. The number of rotatable bonds is 9. The summed E-state index contributed by atoms with van der Waals surface area (Å²) in [6.45, 7) is 4.71. The number of benzene rings is 3. The summed E-state index contributed by atoms with van der Waals surface area (Å²) in [6, 6.07) is 22.7. The van der Waals surface area contributed by atoms with E-state index in [1.807, 2.05) is 62.4 Å². The van der Waals surface area contributed by atoms with E-state index in [1.165, 1.54) is 4.90 Å². The van der Waals surface area contributed by atoms with Gasteiger partial charge < -0.3 is 14.8 Å². The molecule has 1 N–H and O–H groups in total. The van der Waals surface area contributed by atoms with Gasteiger partial charge in [-0.2, -0.15) is 0 Å². The molecule has 0 radical (unpaired) electrons. The van der Waals surface area contributed by atoms with Crippen LogP contribution in [-0.2, 0) is 16.0 Å². The van der Waals surface area contributed by atoms with Gasteiger partial charge in [-0.3, -0.25) is 14.5 Å². The van der Waals surface area contributed by atoms with Crippen molar-refractivity contribution in [2.75, 3.05) is 25.6 Å². The van der Waals surface area contributed by atoms with Crippen molar-refractivity contribution in [2.24, 2.45) is 0 Å². The Morgan fingerprint density at radius 1 is 0.912 bits per heavy atom. The van der Waals surface area contributed by atoms with E-state index < -0.39 is 0 Å². The summed E-state index contributed by atoms with van der Waals surface area (Å²) in [5, 5.41) is 3.21. The van der Waals surface area contributed by atoms with Crippen molar-refractivity contribution in [3.63, 3.8) is 0 Å². The van der Waals surface area contributed by atoms with Gasteiger partial charge in [-0.1, -0.05) is 48.5 Å². The van der Waals surface area contributed by atoms with E-state index in [9.17, 15) is 9.59 Å². The van der Waals surface area contributed by atoms with Gasteiger partial charge in [0.1, 0.15) is 17.2 Å². The lowest BCUT2D eigenvalue weighted by Crippen LogP contribution is -2.34. The number of nitrogens with one attached hydrogen (secondary N) is 1. The Kier molecular flexibility index (Phi) is 6.97. The normalized spacial score (nSPS) is 13.4. The zero-order valence-corrected chi connectivity index (χ0v) is 19.6. The molecular weight excluding hydrogens is 428 g/mol. The van der Waals surface area contributed by atoms with Crippen molar-refractivity contribution in [1.82, 2.24) is 4.90 Å². The van der Waals surface area contributed by atoms with Crippen molar-refractivity contribution >= 4 is 23.1 Å². The fourth-order valence-electron chi connectivity index (χ4n) is 3.99. The Morgan fingerprint density at radius 2 is 1.65 bits per heavy atom. The molecule has 0 aliphatic carbocycles. The van der Waals surface area contributed by atoms with Gasteiger partial charge in [0.15, 0.2) is 0 Å². The third-order valence-corrected chi connectivity index (χ3v) is 5.70. The Hall–Kier alpha value is -4.06. The van der Waals surface area contributed by atoms with Crippen LogP contribution in [0.4, 0.5) is 5.69 Å². The lowest BCUT2D eigenvalue weighted by Gasteiger charge is -2.16. The molecular formula is C28H28N2O4. The summed E-state index contributed by atoms with van der Waals surface area (Å²) in [5.41, 5.74) is 3.93. The van der Waals surface area contributed by atoms with Crippen LogP contribution in [0.15, 0.2) is 78.5 Å². The minimum Gasteiger partial charge on any atom is -0.495 e. The van der Waals surface area contributed by atoms with Crippen LogP contribution in [0.2, 0.25) is 0 Å². The molecule has 1 heterocycles. The highest BCUT2D eigenvalue weighted by atomic mass is 16.5. The number of carbonyl (C=O) groups is 2. The van der Waals surface area contributed by atoms with Gasteiger partial charge in [-0.05, 0) is 61.2 Å². The van der Waals surface area contributed by atoms with Crippen LogP contribution in [0.25, 0.3) is 5.57 Å². The van der Waals surface area contributed by atoms with Gasteiger partial charge in [-0.15, -0.1) is 0 Å². The Labute approximate surface area is 199 Å². The molecule has 0 fully saturated rings. The van der Waals surface area contributed by atoms with Crippen LogP contribution in [0.3, 0.4) is 0 Å². The van der Waals surface area contributed by atoms with Crippen molar-refractivity contribution < 1.29 is 19.1 Å². The van der Waals surface area contributed by atoms with Gasteiger partial charge in [-0.25, -0.2) is 0 Å². The highest BCUT2D eigenvalue weighted by Crippen LogP contribution is 2.34. The molecule has 0 atom stereocenters. The molecule has 0 saturated heterocycles. The Balaban J connectivity index is 1.70. The third kappa shape index (κ3) is 4.81. The fraction of sp³-hybridized carbons (Fsp3) is 0.214. The third-order valence-electron chi connectivity index (χ3n) is 5.70. The number of aryl methyl sites for hydroxylation is 1. The second-order valence-corrected chi connectivity index (χ2v) is 8.03. The first-order valence-corrected chi connectivity index (χ1v) is 11.3. The SMILES string of the molecule is CCOc1ccc(C2=C(Nc3cc(C)ccc3OC)C(=O)N(CCc3ccccc3)C2=O)cc1. The van der Waals surface area contributed by atoms with E-state index in [-0.39, 0.29) is 17.5 Å². The summed E-state index contributed by atoms with van der Waals surface area (Å²) >= 11 is 0. The number of amides is 2.